The Hall–Kier alpha value is -3.07. The smallest absolute Gasteiger partial charge is 0.272 e. The van der Waals surface area contributed by atoms with Gasteiger partial charge in [-0.15, -0.1) is 0 Å². The van der Waals surface area contributed by atoms with Gasteiger partial charge < -0.3 is 20.1 Å². The normalized spacial score (nSPS) is 13.0. The lowest BCUT2D eigenvalue weighted by molar-refractivity contribution is 0.0764. The molecule has 2 heterocycles. The summed E-state index contributed by atoms with van der Waals surface area (Å²) in [5, 5.41) is 11.5. The Kier molecular flexibility index (Phi) is 6.94. The molecule has 30 heavy (non-hydrogen) atoms. The van der Waals surface area contributed by atoms with Crippen molar-refractivity contribution >= 4 is 11.8 Å². The molecule has 2 aromatic rings. The lowest BCUT2D eigenvalue weighted by Crippen LogP contribution is -2.27. The fraction of sp³-hybridized carbons (Fsp3) is 0.381. The fourth-order valence-corrected chi connectivity index (χ4v) is 3.32. The summed E-state index contributed by atoms with van der Waals surface area (Å²) in [6.07, 6.45) is -0.684. The summed E-state index contributed by atoms with van der Waals surface area (Å²) >= 11 is 0. The number of ether oxygens (including phenoxy) is 1. The predicted octanol–water partition coefficient (Wildman–Crippen LogP) is 2.30. The molecule has 160 valence electrons. The van der Waals surface area contributed by atoms with Gasteiger partial charge in [0.15, 0.2) is 0 Å². The minimum absolute atomic E-state index is 0.0295. The zero-order valence-corrected chi connectivity index (χ0v) is 16.5. The summed E-state index contributed by atoms with van der Waals surface area (Å²) < 4.78 is 29.8. The maximum atomic E-state index is 12.8. The number of alkyl halides is 2. The first-order valence-electron chi connectivity index (χ1n) is 9.57. The van der Waals surface area contributed by atoms with Gasteiger partial charge in [-0.05, 0) is 36.6 Å². The molecule has 0 unspecified atom stereocenters. The average molecular weight is 419 g/mol. The van der Waals surface area contributed by atoms with E-state index in [2.05, 4.69) is 10.3 Å². The van der Waals surface area contributed by atoms with Gasteiger partial charge in [0.1, 0.15) is 18.1 Å². The molecule has 9 heteroatoms. The van der Waals surface area contributed by atoms with Crippen molar-refractivity contribution in [1.29, 1.82) is 0 Å². The van der Waals surface area contributed by atoms with Gasteiger partial charge in [0, 0.05) is 43.6 Å². The minimum atomic E-state index is -2.55. The molecule has 2 amide bonds. The van der Waals surface area contributed by atoms with E-state index in [1.54, 1.807) is 36.1 Å². The monoisotopic (exact) mass is 419 g/mol. The number of hydrogen-bond acceptors (Lipinski definition) is 5. The number of amides is 2. The van der Waals surface area contributed by atoms with Crippen LogP contribution in [0.5, 0.6) is 5.75 Å². The number of rotatable bonds is 9. The van der Waals surface area contributed by atoms with Crippen molar-refractivity contribution in [2.24, 2.45) is 0 Å². The van der Waals surface area contributed by atoms with Gasteiger partial charge in [-0.1, -0.05) is 12.1 Å². The van der Waals surface area contributed by atoms with E-state index in [1.165, 1.54) is 6.20 Å². The van der Waals surface area contributed by atoms with E-state index in [-0.39, 0.29) is 30.7 Å². The van der Waals surface area contributed by atoms with Crippen molar-refractivity contribution in [2.75, 3.05) is 19.8 Å². The predicted molar refractivity (Wildman–Crippen MR) is 105 cm³/mol. The molecule has 0 bridgehead atoms. The second-order valence-corrected chi connectivity index (χ2v) is 6.98. The molecule has 0 saturated heterocycles. The third kappa shape index (κ3) is 4.91. The summed E-state index contributed by atoms with van der Waals surface area (Å²) in [5.41, 5.74) is 2.72. The SMILES string of the molecule is Cc1cc(CN2Cc3c(ccnc3C(=O)NCCCO)C2=O)ccc1OCC(F)F. The summed E-state index contributed by atoms with van der Waals surface area (Å²) in [6, 6.07) is 6.72. The Morgan fingerprint density at radius 1 is 1.37 bits per heavy atom. The number of nitrogens with zero attached hydrogens (tertiary/aromatic N) is 2. The van der Waals surface area contributed by atoms with Crippen LogP contribution in [-0.2, 0) is 13.1 Å². The first kappa shape index (κ1) is 21.6. The number of aryl methyl sites for hydroxylation is 1. The number of aromatic nitrogens is 1. The van der Waals surface area contributed by atoms with Crippen LogP contribution in [-0.4, -0.2) is 53.0 Å². The van der Waals surface area contributed by atoms with Crippen molar-refractivity contribution in [3.63, 3.8) is 0 Å². The third-order valence-electron chi connectivity index (χ3n) is 4.74. The Labute approximate surface area is 172 Å². The standard InChI is InChI=1S/C21H23F2N3O4/c1-13-9-14(3-4-17(13)30-12-18(22)23)10-26-11-16-15(21(26)29)5-7-24-19(16)20(28)25-6-2-8-27/h3-5,7,9,18,27H,2,6,8,10-12H2,1H3,(H,25,28). The molecule has 7 nitrogen and oxygen atoms in total. The first-order chi connectivity index (χ1) is 14.4. The van der Waals surface area contributed by atoms with Crippen LogP contribution >= 0.6 is 0 Å². The minimum Gasteiger partial charge on any atom is -0.487 e. The molecule has 1 aromatic heterocycles. The van der Waals surface area contributed by atoms with Crippen molar-refractivity contribution < 1.29 is 28.2 Å². The number of benzene rings is 1. The third-order valence-corrected chi connectivity index (χ3v) is 4.74. The van der Waals surface area contributed by atoms with Crippen LogP contribution in [0.25, 0.3) is 0 Å². The van der Waals surface area contributed by atoms with Crippen LogP contribution in [0.4, 0.5) is 8.78 Å². The largest absolute Gasteiger partial charge is 0.487 e. The zero-order chi connectivity index (χ0) is 21.7. The highest BCUT2D eigenvalue weighted by Gasteiger charge is 2.31. The maximum Gasteiger partial charge on any atom is 0.272 e. The van der Waals surface area contributed by atoms with Crippen molar-refractivity contribution in [3.05, 3.63) is 58.4 Å². The van der Waals surface area contributed by atoms with Gasteiger partial charge in [0.05, 0.1) is 0 Å². The second kappa shape index (κ2) is 9.62. The summed E-state index contributed by atoms with van der Waals surface area (Å²) in [7, 11) is 0. The second-order valence-electron chi connectivity index (χ2n) is 6.98. The van der Waals surface area contributed by atoms with Crippen molar-refractivity contribution in [3.8, 4) is 5.75 Å². The molecular weight excluding hydrogens is 396 g/mol. The average Bonchev–Trinajstić information content (AvgIpc) is 3.03. The maximum absolute atomic E-state index is 12.8. The number of aliphatic hydroxyl groups is 1. The molecule has 0 atom stereocenters. The number of hydrogen-bond donors (Lipinski definition) is 2. The van der Waals surface area contributed by atoms with E-state index < -0.39 is 13.0 Å². The Bertz CT molecular complexity index is 936. The van der Waals surface area contributed by atoms with Crippen LogP contribution in [0.15, 0.2) is 30.5 Å². The van der Waals surface area contributed by atoms with E-state index >= 15 is 0 Å². The van der Waals surface area contributed by atoms with Crippen LogP contribution in [0.2, 0.25) is 0 Å². The van der Waals surface area contributed by atoms with Gasteiger partial charge in [-0.2, -0.15) is 0 Å². The molecule has 1 aliphatic heterocycles. The van der Waals surface area contributed by atoms with Gasteiger partial charge in [-0.3, -0.25) is 14.6 Å². The van der Waals surface area contributed by atoms with Crippen LogP contribution < -0.4 is 10.1 Å². The highest BCUT2D eigenvalue weighted by molar-refractivity contribution is 6.03. The van der Waals surface area contributed by atoms with E-state index in [4.69, 9.17) is 9.84 Å². The van der Waals surface area contributed by atoms with E-state index in [9.17, 15) is 18.4 Å². The molecule has 1 aliphatic rings. The molecule has 0 saturated carbocycles. The van der Waals surface area contributed by atoms with Gasteiger partial charge in [0.2, 0.25) is 0 Å². The van der Waals surface area contributed by atoms with Crippen LogP contribution in [0.3, 0.4) is 0 Å². The van der Waals surface area contributed by atoms with Gasteiger partial charge in [0.25, 0.3) is 18.2 Å². The van der Waals surface area contributed by atoms with Crippen LogP contribution in [0, 0.1) is 6.92 Å². The first-order valence-corrected chi connectivity index (χ1v) is 9.57. The number of pyridine rings is 1. The molecule has 0 radical (unpaired) electrons. The highest BCUT2D eigenvalue weighted by Crippen LogP contribution is 2.27. The lowest BCUT2D eigenvalue weighted by Gasteiger charge is -2.17. The quantitative estimate of drug-likeness (QED) is 0.609. The fourth-order valence-electron chi connectivity index (χ4n) is 3.32. The van der Waals surface area contributed by atoms with E-state index in [1.807, 2.05) is 0 Å². The topological polar surface area (TPSA) is 91.8 Å². The summed E-state index contributed by atoms with van der Waals surface area (Å²) in [4.78, 5) is 30.9. The number of aliphatic hydroxyl groups excluding tert-OH is 1. The molecule has 1 aromatic carbocycles. The summed E-state index contributed by atoms with van der Waals surface area (Å²) in [5.74, 6) is -0.208. The number of nitrogens with one attached hydrogen (secondary N) is 1. The lowest BCUT2D eigenvalue weighted by atomic mass is 10.1. The van der Waals surface area contributed by atoms with E-state index in [0.717, 1.165) is 5.56 Å². The number of fused-ring (bicyclic) bond motifs is 1. The molecule has 0 fully saturated rings. The Balaban J connectivity index is 1.71. The highest BCUT2D eigenvalue weighted by atomic mass is 19.3. The molecule has 0 spiro atoms. The van der Waals surface area contributed by atoms with Gasteiger partial charge >= 0.3 is 0 Å². The summed E-state index contributed by atoms with van der Waals surface area (Å²) in [6.45, 7) is 1.91. The Morgan fingerprint density at radius 3 is 2.87 bits per heavy atom. The number of carbonyl (C=O) groups is 2. The van der Waals surface area contributed by atoms with Crippen LogP contribution in [0.1, 0.15) is 44.0 Å². The number of halogens is 2. The molecule has 0 aliphatic carbocycles. The molecule has 3 rings (SSSR count). The molecule has 2 N–H and O–H groups in total. The van der Waals surface area contributed by atoms with Crippen molar-refractivity contribution in [1.82, 2.24) is 15.2 Å². The molecular formula is C21H23F2N3O4. The number of carbonyl (C=O) groups excluding carboxylic acids is 2. The van der Waals surface area contributed by atoms with E-state index in [0.29, 0.717) is 42.0 Å². The van der Waals surface area contributed by atoms with Gasteiger partial charge in [-0.25, -0.2) is 8.78 Å². The Morgan fingerprint density at radius 2 is 2.17 bits per heavy atom. The zero-order valence-electron chi connectivity index (χ0n) is 16.5. The van der Waals surface area contributed by atoms with Crippen molar-refractivity contribution in [2.45, 2.75) is 32.9 Å².